The third-order valence-electron chi connectivity index (χ3n) is 3.62. The van der Waals surface area contributed by atoms with E-state index in [-0.39, 0.29) is 5.41 Å². The van der Waals surface area contributed by atoms with Gasteiger partial charge < -0.3 is 0 Å². The van der Waals surface area contributed by atoms with E-state index >= 15 is 0 Å². The van der Waals surface area contributed by atoms with Crippen molar-refractivity contribution in [2.75, 3.05) is 24.6 Å². The van der Waals surface area contributed by atoms with Gasteiger partial charge in [-0.1, -0.05) is 17.7 Å². The Morgan fingerprint density at radius 3 is 2.22 bits per heavy atom. The highest BCUT2D eigenvalue weighted by Crippen LogP contribution is 2.42. The Labute approximate surface area is 110 Å². The molecule has 1 aromatic rings. The highest BCUT2D eigenvalue weighted by atomic mass is 32.2. The van der Waals surface area contributed by atoms with E-state index in [2.05, 4.69) is 0 Å². The van der Waals surface area contributed by atoms with Crippen molar-refractivity contribution < 1.29 is 12.6 Å². The largest absolute Gasteiger partial charge is 0.260 e. The summed E-state index contributed by atoms with van der Waals surface area (Å²) < 4.78 is 37.2. The lowest BCUT2D eigenvalue weighted by Crippen LogP contribution is -2.67. The van der Waals surface area contributed by atoms with Crippen LogP contribution in [0.3, 0.4) is 0 Å². The van der Waals surface area contributed by atoms with Gasteiger partial charge in [0.25, 0.3) is 0 Å². The molecule has 0 unspecified atom stereocenters. The van der Waals surface area contributed by atoms with E-state index in [4.69, 9.17) is 0 Å². The first-order valence-corrected chi connectivity index (χ1v) is 8.76. The molecule has 18 heavy (non-hydrogen) atoms. The molecule has 0 aromatic heterocycles. The van der Waals surface area contributed by atoms with Crippen LogP contribution in [0.15, 0.2) is 29.2 Å². The van der Waals surface area contributed by atoms with Crippen molar-refractivity contribution in [1.29, 1.82) is 0 Å². The van der Waals surface area contributed by atoms with Gasteiger partial charge in [-0.25, -0.2) is 8.42 Å². The molecule has 2 aliphatic rings. The van der Waals surface area contributed by atoms with E-state index in [0.717, 1.165) is 5.56 Å². The topological polar surface area (TPSA) is 54.5 Å². The maximum Gasteiger partial charge on any atom is 0.243 e. The molecular weight excluding hydrogens is 270 g/mol. The average Bonchev–Trinajstić information content (AvgIpc) is 2.21. The number of nitrogens with zero attached hydrogens (tertiary/aromatic N) is 1. The lowest BCUT2D eigenvalue weighted by Gasteiger charge is -2.53. The summed E-state index contributed by atoms with van der Waals surface area (Å²) in [6.07, 6.45) is 0. The summed E-state index contributed by atoms with van der Waals surface area (Å²) in [5.74, 6) is 1.32. The highest BCUT2D eigenvalue weighted by molar-refractivity contribution is 7.89. The van der Waals surface area contributed by atoms with Crippen molar-refractivity contribution in [2.24, 2.45) is 5.41 Å². The SMILES string of the molecule is Cc1ccc(S(=O)(=O)N2CC3(C2)CS(=O)C3)cc1. The lowest BCUT2D eigenvalue weighted by atomic mass is 9.85. The summed E-state index contributed by atoms with van der Waals surface area (Å²) in [4.78, 5) is 0.350. The molecule has 2 aliphatic heterocycles. The highest BCUT2D eigenvalue weighted by Gasteiger charge is 2.55. The summed E-state index contributed by atoms with van der Waals surface area (Å²) in [5.41, 5.74) is 1.06. The molecule has 2 heterocycles. The molecular formula is C12H15NO3S2. The van der Waals surface area contributed by atoms with Crippen molar-refractivity contribution >= 4 is 20.8 Å². The molecule has 0 radical (unpaired) electrons. The first-order chi connectivity index (χ1) is 8.41. The predicted molar refractivity (Wildman–Crippen MR) is 70.2 cm³/mol. The summed E-state index contributed by atoms with van der Waals surface area (Å²) in [6, 6.07) is 6.91. The zero-order chi connectivity index (χ0) is 13.0. The molecule has 2 saturated heterocycles. The molecule has 0 bridgehead atoms. The molecule has 3 rings (SSSR count). The van der Waals surface area contributed by atoms with Crippen molar-refractivity contribution in [2.45, 2.75) is 11.8 Å². The lowest BCUT2D eigenvalue weighted by molar-refractivity contribution is 0.105. The molecule has 1 aromatic carbocycles. The van der Waals surface area contributed by atoms with Crippen LogP contribution in [-0.4, -0.2) is 41.5 Å². The summed E-state index contributed by atoms with van der Waals surface area (Å²) >= 11 is 0. The van der Waals surface area contributed by atoms with Crippen molar-refractivity contribution in [3.63, 3.8) is 0 Å². The Morgan fingerprint density at radius 2 is 1.72 bits per heavy atom. The van der Waals surface area contributed by atoms with Crippen LogP contribution in [0.5, 0.6) is 0 Å². The van der Waals surface area contributed by atoms with Gasteiger partial charge in [-0.3, -0.25) is 4.21 Å². The maximum atomic E-state index is 12.3. The van der Waals surface area contributed by atoms with Crippen LogP contribution in [0, 0.1) is 12.3 Å². The van der Waals surface area contributed by atoms with E-state index in [9.17, 15) is 12.6 Å². The summed E-state index contributed by atoms with van der Waals surface area (Å²) in [6.45, 7) is 2.97. The standard InChI is InChI=1S/C12H15NO3S2/c1-10-2-4-11(5-3-10)18(15,16)13-6-12(7-13)8-17(14)9-12/h2-5H,6-9H2,1H3. The predicted octanol–water partition coefficient (Wildman–Crippen LogP) is 0.748. The number of hydrogen-bond acceptors (Lipinski definition) is 3. The minimum absolute atomic E-state index is 0.0165. The van der Waals surface area contributed by atoms with Gasteiger partial charge in [0.2, 0.25) is 10.0 Å². The van der Waals surface area contributed by atoms with Gasteiger partial charge in [-0.05, 0) is 19.1 Å². The van der Waals surface area contributed by atoms with Gasteiger partial charge >= 0.3 is 0 Å². The molecule has 2 fully saturated rings. The van der Waals surface area contributed by atoms with Gasteiger partial charge in [0.15, 0.2) is 0 Å². The third kappa shape index (κ3) is 1.83. The normalized spacial score (nSPS) is 23.6. The average molecular weight is 285 g/mol. The Hall–Kier alpha value is -0.720. The van der Waals surface area contributed by atoms with Crippen molar-refractivity contribution in [3.8, 4) is 0 Å². The number of benzene rings is 1. The zero-order valence-electron chi connectivity index (χ0n) is 10.1. The van der Waals surface area contributed by atoms with Crippen LogP contribution in [0.2, 0.25) is 0 Å². The quantitative estimate of drug-likeness (QED) is 0.805. The van der Waals surface area contributed by atoms with E-state index in [1.165, 1.54) is 4.31 Å². The van der Waals surface area contributed by atoms with Gasteiger partial charge in [0.05, 0.1) is 4.90 Å². The van der Waals surface area contributed by atoms with E-state index in [0.29, 0.717) is 29.5 Å². The van der Waals surface area contributed by atoms with Crippen LogP contribution < -0.4 is 0 Å². The van der Waals surface area contributed by atoms with E-state index in [1.807, 2.05) is 6.92 Å². The second kappa shape index (κ2) is 3.88. The Morgan fingerprint density at radius 1 is 1.17 bits per heavy atom. The Kier molecular flexibility index (Phi) is 2.66. The van der Waals surface area contributed by atoms with Crippen LogP contribution in [0.4, 0.5) is 0 Å². The van der Waals surface area contributed by atoms with Crippen molar-refractivity contribution in [1.82, 2.24) is 4.31 Å². The number of hydrogen-bond donors (Lipinski definition) is 0. The molecule has 0 N–H and O–H groups in total. The molecule has 4 nitrogen and oxygen atoms in total. The minimum atomic E-state index is -3.35. The second-order valence-electron chi connectivity index (χ2n) is 5.31. The van der Waals surface area contributed by atoms with E-state index < -0.39 is 20.8 Å². The maximum absolute atomic E-state index is 12.3. The number of aryl methyl sites for hydroxylation is 1. The minimum Gasteiger partial charge on any atom is -0.260 e. The molecule has 0 atom stereocenters. The molecule has 1 spiro atoms. The van der Waals surface area contributed by atoms with Gasteiger partial charge in [0, 0.05) is 40.8 Å². The number of rotatable bonds is 2. The second-order valence-corrected chi connectivity index (χ2v) is 8.71. The van der Waals surface area contributed by atoms with Crippen LogP contribution in [0.1, 0.15) is 5.56 Å². The molecule has 98 valence electrons. The fourth-order valence-electron chi connectivity index (χ4n) is 2.55. The molecule has 0 aliphatic carbocycles. The molecule has 0 saturated carbocycles. The fourth-order valence-corrected chi connectivity index (χ4v) is 5.87. The fraction of sp³-hybridized carbons (Fsp3) is 0.500. The third-order valence-corrected chi connectivity index (χ3v) is 7.29. The molecule has 0 amide bonds. The van der Waals surface area contributed by atoms with Crippen LogP contribution in [-0.2, 0) is 20.8 Å². The summed E-state index contributed by atoms with van der Waals surface area (Å²) in [7, 11) is -4.07. The number of sulfonamides is 1. The Bertz CT molecular complexity index is 591. The van der Waals surface area contributed by atoms with Crippen molar-refractivity contribution in [3.05, 3.63) is 29.8 Å². The smallest absolute Gasteiger partial charge is 0.243 e. The van der Waals surface area contributed by atoms with Gasteiger partial charge in [-0.2, -0.15) is 4.31 Å². The zero-order valence-corrected chi connectivity index (χ0v) is 11.8. The van der Waals surface area contributed by atoms with Gasteiger partial charge in [-0.15, -0.1) is 0 Å². The van der Waals surface area contributed by atoms with Crippen LogP contribution in [0.25, 0.3) is 0 Å². The van der Waals surface area contributed by atoms with E-state index in [1.54, 1.807) is 24.3 Å². The van der Waals surface area contributed by atoms with Crippen LogP contribution >= 0.6 is 0 Å². The molecule has 6 heteroatoms. The Balaban J connectivity index is 1.77. The summed E-state index contributed by atoms with van der Waals surface area (Å²) in [5, 5.41) is 0. The van der Waals surface area contributed by atoms with Gasteiger partial charge in [0.1, 0.15) is 0 Å². The monoisotopic (exact) mass is 285 g/mol. The first-order valence-electron chi connectivity index (χ1n) is 5.83. The first kappa shape index (κ1) is 12.3.